The van der Waals surface area contributed by atoms with Crippen LogP contribution in [0.25, 0.3) is 10.9 Å². The first-order valence-corrected chi connectivity index (χ1v) is 10.4. The van der Waals surface area contributed by atoms with E-state index in [0.717, 1.165) is 61.2 Å². The van der Waals surface area contributed by atoms with Gasteiger partial charge in [-0.15, -0.1) is 0 Å². The first-order chi connectivity index (χ1) is 14.2. The quantitative estimate of drug-likeness (QED) is 0.713. The summed E-state index contributed by atoms with van der Waals surface area (Å²) in [6.07, 6.45) is 6.68. The summed E-state index contributed by atoms with van der Waals surface area (Å²) in [5, 5.41) is 4.48. The largest absolute Gasteiger partial charge is 0.373 e. The van der Waals surface area contributed by atoms with E-state index in [1.165, 1.54) is 0 Å². The number of fused-ring (bicyclic) bond motifs is 1. The van der Waals surface area contributed by atoms with Crippen molar-refractivity contribution in [3.05, 3.63) is 60.4 Å². The third-order valence-corrected chi connectivity index (χ3v) is 6.15. The van der Waals surface area contributed by atoms with E-state index in [1.807, 2.05) is 53.6 Å². The monoisotopic (exact) mass is 390 g/mol. The lowest BCUT2D eigenvalue weighted by Crippen LogP contribution is -2.50. The Morgan fingerprint density at radius 3 is 3.17 bits per heavy atom. The Hall–Kier alpha value is -2.86. The summed E-state index contributed by atoms with van der Waals surface area (Å²) in [5.41, 5.74) is 1.60. The minimum Gasteiger partial charge on any atom is -0.373 e. The summed E-state index contributed by atoms with van der Waals surface area (Å²) < 4.78 is 6.30. The molecule has 3 aromatic rings. The minimum atomic E-state index is -0.206. The minimum absolute atomic E-state index is 0.103. The zero-order valence-corrected chi connectivity index (χ0v) is 16.4. The van der Waals surface area contributed by atoms with Gasteiger partial charge in [-0.1, -0.05) is 6.07 Å². The molecule has 2 saturated heterocycles. The van der Waals surface area contributed by atoms with Crippen LogP contribution in [0.1, 0.15) is 29.6 Å². The maximum Gasteiger partial charge on any atom is 0.253 e. The van der Waals surface area contributed by atoms with Gasteiger partial charge >= 0.3 is 0 Å². The molecule has 2 fully saturated rings. The molecule has 4 heterocycles. The molecular formula is C23H26N4O2. The van der Waals surface area contributed by atoms with Crippen LogP contribution in [0.5, 0.6) is 0 Å². The Morgan fingerprint density at radius 1 is 1.31 bits per heavy atom. The third-order valence-electron chi connectivity index (χ3n) is 6.15. The second-order valence-electron chi connectivity index (χ2n) is 8.27. The van der Waals surface area contributed by atoms with Crippen molar-refractivity contribution in [1.29, 1.82) is 0 Å². The highest BCUT2D eigenvalue weighted by Crippen LogP contribution is 2.38. The molecule has 6 nitrogen and oxygen atoms in total. The standard InChI is InChI=1S/C23H26N4O2/c28-22(19-5-6-20-18(12-19)7-10-24-20)27-11-3-8-23(16-27)13-17(15-29-23)14-26-21-4-1-2-9-25-21/h1-2,4-7,9-10,12,17,24H,3,8,11,13-16H2,(H,25,26)/t17-,23+/m0/s1. The number of piperidine rings is 1. The van der Waals surface area contributed by atoms with Crippen molar-refractivity contribution in [2.45, 2.75) is 24.9 Å². The topological polar surface area (TPSA) is 70.2 Å². The van der Waals surface area contributed by atoms with Crippen molar-refractivity contribution >= 4 is 22.6 Å². The molecule has 29 heavy (non-hydrogen) atoms. The summed E-state index contributed by atoms with van der Waals surface area (Å²) in [4.78, 5) is 22.6. The summed E-state index contributed by atoms with van der Waals surface area (Å²) in [7, 11) is 0. The van der Waals surface area contributed by atoms with Gasteiger partial charge in [0.25, 0.3) is 5.91 Å². The molecule has 2 aliphatic heterocycles. The first kappa shape index (κ1) is 18.2. The first-order valence-electron chi connectivity index (χ1n) is 10.4. The molecule has 0 radical (unpaired) electrons. The maximum atomic E-state index is 13.1. The van der Waals surface area contributed by atoms with E-state index in [0.29, 0.717) is 12.5 Å². The van der Waals surface area contributed by atoms with Crippen molar-refractivity contribution in [2.24, 2.45) is 5.92 Å². The summed E-state index contributed by atoms with van der Waals surface area (Å²) in [6.45, 7) is 3.05. The van der Waals surface area contributed by atoms with Crippen LogP contribution in [-0.2, 0) is 4.74 Å². The number of hydrogen-bond acceptors (Lipinski definition) is 4. The number of nitrogens with one attached hydrogen (secondary N) is 2. The van der Waals surface area contributed by atoms with Crippen LogP contribution < -0.4 is 5.32 Å². The van der Waals surface area contributed by atoms with Gasteiger partial charge in [-0.25, -0.2) is 4.98 Å². The van der Waals surface area contributed by atoms with Crippen molar-refractivity contribution < 1.29 is 9.53 Å². The fraction of sp³-hybridized carbons (Fsp3) is 0.391. The number of pyridine rings is 1. The number of ether oxygens (including phenoxy) is 1. The molecule has 1 aromatic carbocycles. The zero-order valence-electron chi connectivity index (χ0n) is 16.4. The lowest BCUT2D eigenvalue weighted by molar-refractivity contribution is -0.0449. The maximum absolute atomic E-state index is 13.1. The number of benzene rings is 1. The molecule has 2 aliphatic rings. The van der Waals surface area contributed by atoms with Crippen molar-refractivity contribution in [3.63, 3.8) is 0 Å². The van der Waals surface area contributed by atoms with Gasteiger partial charge in [0, 0.05) is 54.4 Å². The van der Waals surface area contributed by atoms with Crippen LogP contribution >= 0.6 is 0 Å². The number of amides is 1. The summed E-state index contributed by atoms with van der Waals surface area (Å²) in [5.74, 6) is 1.43. The van der Waals surface area contributed by atoms with Gasteiger partial charge in [-0.2, -0.15) is 0 Å². The number of carbonyl (C=O) groups excluding carboxylic acids is 1. The molecule has 2 atom stereocenters. The fourth-order valence-corrected chi connectivity index (χ4v) is 4.71. The number of H-pyrrole nitrogens is 1. The molecule has 0 saturated carbocycles. The second kappa shape index (κ2) is 7.52. The number of likely N-dealkylation sites (tertiary alicyclic amines) is 1. The van der Waals surface area contributed by atoms with Crippen molar-refractivity contribution in [1.82, 2.24) is 14.9 Å². The van der Waals surface area contributed by atoms with Gasteiger partial charge in [0.2, 0.25) is 0 Å². The van der Waals surface area contributed by atoms with Gasteiger partial charge < -0.3 is 19.9 Å². The molecule has 0 unspecified atom stereocenters. The molecule has 6 heteroatoms. The number of carbonyl (C=O) groups is 1. The number of nitrogens with zero attached hydrogens (tertiary/aromatic N) is 2. The average Bonchev–Trinajstić information content (AvgIpc) is 3.39. The van der Waals surface area contributed by atoms with E-state index in [2.05, 4.69) is 15.3 Å². The smallest absolute Gasteiger partial charge is 0.253 e. The van der Waals surface area contributed by atoms with Gasteiger partial charge in [-0.3, -0.25) is 4.79 Å². The van der Waals surface area contributed by atoms with E-state index in [1.54, 1.807) is 6.20 Å². The highest BCUT2D eigenvalue weighted by atomic mass is 16.5. The molecule has 2 aromatic heterocycles. The Bertz CT molecular complexity index is 1000. The van der Waals surface area contributed by atoms with Gasteiger partial charge in [0.15, 0.2) is 0 Å². The number of aromatic nitrogens is 2. The van der Waals surface area contributed by atoms with Crippen LogP contribution in [0.2, 0.25) is 0 Å². The molecule has 1 amide bonds. The SMILES string of the molecule is O=C(c1ccc2[nH]ccc2c1)N1CCC[C@@]2(C[C@@H](CNc3ccccn3)CO2)C1. The predicted octanol–water partition coefficient (Wildman–Crippen LogP) is 3.69. The summed E-state index contributed by atoms with van der Waals surface area (Å²) in [6, 6.07) is 13.8. The number of hydrogen-bond donors (Lipinski definition) is 2. The lowest BCUT2D eigenvalue weighted by atomic mass is 9.86. The van der Waals surface area contributed by atoms with E-state index >= 15 is 0 Å². The van der Waals surface area contributed by atoms with Gasteiger partial charge in [-0.05, 0) is 55.7 Å². The fourth-order valence-electron chi connectivity index (χ4n) is 4.71. The number of anilines is 1. The van der Waals surface area contributed by atoms with Crippen LogP contribution in [0.4, 0.5) is 5.82 Å². The Labute approximate surface area is 170 Å². The highest BCUT2D eigenvalue weighted by molar-refractivity contribution is 5.98. The van der Waals surface area contributed by atoms with Crippen LogP contribution in [-0.4, -0.2) is 52.6 Å². The van der Waals surface area contributed by atoms with Crippen molar-refractivity contribution in [2.75, 3.05) is 31.6 Å². The molecule has 5 rings (SSSR count). The van der Waals surface area contributed by atoms with Gasteiger partial charge in [0.05, 0.1) is 12.2 Å². The van der Waals surface area contributed by atoms with E-state index in [-0.39, 0.29) is 11.5 Å². The van der Waals surface area contributed by atoms with Crippen LogP contribution in [0, 0.1) is 5.92 Å². The van der Waals surface area contributed by atoms with Crippen LogP contribution in [0.3, 0.4) is 0 Å². The molecule has 0 aliphatic carbocycles. The number of rotatable bonds is 4. The normalized spacial score (nSPS) is 24.3. The lowest BCUT2D eigenvalue weighted by Gasteiger charge is -2.40. The summed E-state index contributed by atoms with van der Waals surface area (Å²) >= 11 is 0. The van der Waals surface area contributed by atoms with E-state index in [4.69, 9.17) is 4.74 Å². The third kappa shape index (κ3) is 3.72. The average molecular weight is 390 g/mol. The van der Waals surface area contributed by atoms with E-state index < -0.39 is 0 Å². The van der Waals surface area contributed by atoms with Gasteiger partial charge in [0.1, 0.15) is 5.82 Å². The Morgan fingerprint density at radius 2 is 2.28 bits per heavy atom. The molecule has 1 spiro atoms. The predicted molar refractivity (Wildman–Crippen MR) is 113 cm³/mol. The van der Waals surface area contributed by atoms with Crippen molar-refractivity contribution in [3.8, 4) is 0 Å². The second-order valence-corrected chi connectivity index (χ2v) is 8.27. The highest BCUT2D eigenvalue weighted by Gasteiger charge is 2.44. The zero-order chi connectivity index (χ0) is 19.7. The van der Waals surface area contributed by atoms with E-state index in [9.17, 15) is 4.79 Å². The molecule has 2 N–H and O–H groups in total. The van der Waals surface area contributed by atoms with Crippen LogP contribution in [0.15, 0.2) is 54.9 Å². The Kier molecular flexibility index (Phi) is 4.72. The Balaban J connectivity index is 1.23. The molecular weight excluding hydrogens is 364 g/mol. The number of aromatic amines is 1. The molecule has 150 valence electrons. The molecule has 0 bridgehead atoms.